The first-order valence-electron chi connectivity index (χ1n) is 8.64. The highest BCUT2D eigenvalue weighted by molar-refractivity contribution is 7.99. The normalized spacial score (nSPS) is 13.6. The molecule has 26 heavy (non-hydrogen) atoms. The van der Waals surface area contributed by atoms with Crippen molar-refractivity contribution in [2.45, 2.75) is 37.8 Å². The van der Waals surface area contributed by atoms with Crippen LogP contribution in [0.4, 0.5) is 5.69 Å². The van der Waals surface area contributed by atoms with Crippen molar-refractivity contribution in [2.75, 3.05) is 11.1 Å². The first-order valence-corrected chi connectivity index (χ1v) is 10.4. The SMILES string of the molecule is Cc1ccccc1NC(=O)CSc1nc2sc3c(c2c(=O)[nH]1)CCCC3. The van der Waals surface area contributed by atoms with Crippen LogP contribution in [0, 0.1) is 6.92 Å². The standard InChI is InChI=1S/C19H19N3O2S2/c1-11-6-2-4-8-13(11)20-15(23)10-25-19-21-17(24)16-12-7-3-5-9-14(12)26-18(16)22-19/h2,4,6,8H,3,5,7,9-10H2,1H3,(H,20,23)(H,21,22,24). The number of aromatic amines is 1. The van der Waals surface area contributed by atoms with Crippen LogP contribution in [0.25, 0.3) is 10.2 Å². The van der Waals surface area contributed by atoms with Crippen molar-refractivity contribution in [1.82, 2.24) is 9.97 Å². The molecule has 1 amide bonds. The van der Waals surface area contributed by atoms with Crippen LogP contribution >= 0.6 is 23.1 Å². The lowest BCUT2D eigenvalue weighted by atomic mass is 9.97. The van der Waals surface area contributed by atoms with Crippen LogP contribution in [0.5, 0.6) is 0 Å². The van der Waals surface area contributed by atoms with Crippen molar-refractivity contribution >= 4 is 44.9 Å². The van der Waals surface area contributed by atoms with Gasteiger partial charge in [0, 0.05) is 10.6 Å². The number of nitrogens with zero attached hydrogens (tertiary/aromatic N) is 1. The van der Waals surface area contributed by atoms with E-state index in [1.54, 1.807) is 11.3 Å². The first kappa shape index (κ1) is 17.3. The maximum absolute atomic E-state index is 12.5. The quantitative estimate of drug-likeness (QED) is 0.528. The highest BCUT2D eigenvalue weighted by atomic mass is 32.2. The summed E-state index contributed by atoms with van der Waals surface area (Å²) in [7, 11) is 0. The molecule has 0 saturated carbocycles. The van der Waals surface area contributed by atoms with E-state index in [-0.39, 0.29) is 17.2 Å². The number of H-pyrrole nitrogens is 1. The smallest absolute Gasteiger partial charge is 0.260 e. The van der Waals surface area contributed by atoms with Crippen molar-refractivity contribution in [3.05, 3.63) is 50.6 Å². The molecule has 1 aliphatic rings. The summed E-state index contributed by atoms with van der Waals surface area (Å²) in [5, 5.41) is 4.14. The lowest BCUT2D eigenvalue weighted by molar-refractivity contribution is -0.113. The molecule has 4 rings (SSSR count). The Morgan fingerprint density at radius 2 is 2.12 bits per heavy atom. The number of aryl methyl sites for hydroxylation is 3. The van der Waals surface area contributed by atoms with Gasteiger partial charge in [0.15, 0.2) is 5.16 Å². The van der Waals surface area contributed by atoms with E-state index in [0.717, 1.165) is 40.7 Å². The highest BCUT2D eigenvalue weighted by Gasteiger charge is 2.20. The second kappa shape index (κ2) is 7.25. The molecule has 0 aliphatic heterocycles. The molecule has 1 aromatic carbocycles. The molecule has 1 aliphatic carbocycles. The fourth-order valence-corrected chi connectivity index (χ4v) is 5.23. The zero-order chi connectivity index (χ0) is 18.1. The van der Waals surface area contributed by atoms with Crippen molar-refractivity contribution in [1.29, 1.82) is 0 Å². The van der Waals surface area contributed by atoms with Crippen molar-refractivity contribution in [3.63, 3.8) is 0 Å². The second-order valence-electron chi connectivity index (χ2n) is 6.41. The van der Waals surface area contributed by atoms with Crippen LogP contribution < -0.4 is 10.9 Å². The van der Waals surface area contributed by atoms with Gasteiger partial charge in [0.2, 0.25) is 5.91 Å². The van der Waals surface area contributed by atoms with Gasteiger partial charge in [0.05, 0.1) is 11.1 Å². The third-order valence-corrected chi connectivity index (χ3v) is 6.62. The summed E-state index contributed by atoms with van der Waals surface area (Å²) in [5.74, 6) is 0.0888. The lowest BCUT2D eigenvalue weighted by Crippen LogP contribution is -2.16. The predicted octanol–water partition coefficient (Wildman–Crippen LogP) is 3.90. The van der Waals surface area contributed by atoms with Crippen molar-refractivity contribution in [2.24, 2.45) is 0 Å². The van der Waals surface area contributed by atoms with Crippen molar-refractivity contribution < 1.29 is 4.79 Å². The fourth-order valence-electron chi connectivity index (χ4n) is 3.25. The zero-order valence-corrected chi connectivity index (χ0v) is 16.1. The number of thioether (sulfide) groups is 1. The van der Waals surface area contributed by atoms with Gasteiger partial charge in [0.25, 0.3) is 5.56 Å². The average molecular weight is 386 g/mol. The first-order chi connectivity index (χ1) is 12.6. The van der Waals surface area contributed by atoms with Crippen LogP contribution in [0.2, 0.25) is 0 Å². The molecule has 2 N–H and O–H groups in total. The molecule has 0 spiro atoms. The van der Waals surface area contributed by atoms with E-state index in [1.165, 1.54) is 28.6 Å². The van der Waals surface area contributed by atoms with Crippen LogP contribution in [0.1, 0.15) is 28.8 Å². The Morgan fingerprint density at radius 1 is 1.31 bits per heavy atom. The number of carbonyl (C=O) groups excluding carboxylic acids is 1. The summed E-state index contributed by atoms with van der Waals surface area (Å²) < 4.78 is 0. The average Bonchev–Trinajstić information content (AvgIpc) is 3.01. The van der Waals surface area contributed by atoms with Gasteiger partial charge in [0.1, 0.15) is 4.83 Å². The van der Waals surface area contributed by atoms with Gasteiger partial charge in [-0.05, 0) is 49.8 Å². The Bertz CT molecular complexity index is 1040. The van der Waals surface area contributed by atoms with Crippen LogP contribution in [0.3, 0.4) is 0 Å². The fraction of sp³-hybridized carbons (Fsp3) is 0.316. The summed E-state index contributed by atoms with van der Waals surface area (Å²) >= 11 is 2.88. The molecule has 0 unspecified atom stereocenters. The number of anilines is 1. The summed E-state index contributed by atoms with van der Waals surface area (Å²) in [6.07, 6.45) is 4.31. The van der Waals surface area contributed by atoms with Gasteiger partial charge < -0.3 is 10.3 Å². The summed E-state index contributed by atoms with van der Waals surface area (Å²) in [5.41, 5.74) is 2.92. The van der Waals surface area contributed by atoms with Crippen LogP contribution in [-0.2, 0) is 17.6 Å². The van der Waals surface area contributed by atoms with Crippen molar-refractivity contribution in [3.8, 4) is 0 Å². The van der Waals surface area contributed by atoms with E-state index in [4.69, 9.17) is 0 Å². The Balaban J connectivity index is 1.50. The molecule has 0 radical (unpaired) electrons. The molecule has 0 saturated heterocycles. The molecule has 0 atom stereocenters. The number of hydrogen-bond acceptors (Lipinski definition) is 5. The number of para-hydroxylation sites is 1. The van der Waals surface area contributed by atoms with Crippen LogP contribution in [-0.4, -0.2) is 21.6 Å². The highest BCUT2D eigenvalue weighted by Crippen LogP contribution is 2.34. The van der Waals surface area contributed by atoms with E-state index in [9.17, 15) is 9.59 Å². The molecule has 5 nitrogen and oxygen atoms in total. The molecule has 2 heterocycles. The minimum atomic E-state index is -0.113. The topological polar surface area (TPSA) is 74.8 Å². The second-order valence-corrected chi connectivity index (χ2v) is 8.46. The number of aromatic nitrogens is 2. The summed E-state index contributed by atoms with van der Waals surface area (Å²) in [6, 6.07) is 7.65. The number of hydrogen-bond donors (Lipinski definition) is 2. The Labute approximate surface area is 159 Å². The maximum Gasteiger partial charge on any atom is 0.260 e. The molecular weight excluding hydrogens is 366 g/mol. The molecule has 3 aromatic rings. The van der Waals surface area contributed by atoms with Gasteiger partial charge >= 0.3 is 0 Å². The van der Waals surface area contributed by atoms with Gasteiger partial charge in [-0.15, -0.1) is 11.3 Å². The van der Waals surface area contributed by atoms with Crippen LogP contribution in [0.15, 0.2) is 34.2 Å². The summed E-state index contributed by atoms with van der Waals surface area (Å²) in [6.45, 7) is 1.95. The molecule has 0 bridgehead atoms. The third kappa shape index (κ3) is 3.41. The minimum absolute atomic E-state index is 0.0868. The van der Waals surface area contributed by atoms with Gasteiger partial charge in [-0.1, -0.05) is 30.0 Å². The minimum Gasteiger partial charge on any atom is -0.325 e. The number of nitrogens with one attached hydrogen (secondary N) is 2. The number of carbonyl (C=O) groups is 1. The largest absolute Gasteiger partial charge is 0.325 e. The Hall–Kier alpha value is -2.12. The summed E-state index contributed by atoms with van der Waals surface area (Å²) in [4.78, 5) is 34.2. The van der Waals surface area contributed by atoms with E-state index in [2.05, 4.69) is 15.3 Å². The number of rotatable bonds is 4. The third-order valence-electron chi connectivity index (χ3n) is 4.56. The lowest BCUT2D eigenvalue weighted by Gasteiger charge is -2.09. The predicted molar refractivity (Wildman–Crippen MR) is 107 cm³/mol. The monoisotopic (exact) mass is 385 g/mol. The van der Waals surface area contributed by atoms with Gasteiger partial charge in [-0.25, -0.2) is 4.98 Å². The number of amides is 1. The van der Waals surface area contributed by atoms with E-state index in [1.807, 2.05) is 31.2 Å². The molecular formula is C19H19N3O2S2. The van der Waals surface area contributed by atoms with E-state index in [0.29, 0.717) is 5.16 Å². The molecule has 7 heteroatoms. The Morgan fingerprint density at radius 3 is 2.96 bits per heavy atom. The van der Waals surface area contributed by atoms with Gasteiger partial charge in [-0.3, -0.25) is 9.59 Å². The molecule has 0 fully saturated rings. The Kier molecular flexibility index (Phi) is 4.82. The molecule has 134 valence electrons. The number of fused-ring (bicyclic) bond motifs is 3. The molecule has 2 aromatic heterocycles. The zero-order valence-electron chi connectivity index (χ0n) is 14.4. The van der Waals surface area contributed by atoms with Gasteiger partial charge in [-0.2, -0.15) is 0 Å². The van der Waals surface area contributed by atoms with E-state index >= 15 is 0 Å². The maximum atomic E-state index is 12.5. The number of thiophene rings is 1. The van der Waals surface area contributed by atoms with E-state index < -0.39 is 0 Å². The number of benzene rings is 1.